The summed E-state index contributed by atoms with van der Waals surface area (Å²) in [6, 6.07) is 5.06. The molecule has 1 N–H and O–H groups in total. The predicted octanol–water partition coefficient (Wildman–Crippen LogP) is 3.26. The summed E-state index contributed by atoms with van der Waals surface area (Å²) in [7, 11) is -5.66. The van der Waals surface area contributed by atoms with Crippen molar-refractivity contribution in [2.24, 2.45) is 5.92 Å². The van der Waals surface area contributed by atoms with E-state index in [1.165, 1.54) is 12.5 Å². The van der Waals surface area contributed by atoms with Crippen molar-refractivity contribution < 1.29 is 25.8 Å². The van der Waals surface area contributed by atoms with E-state index in [-0.39, 0.29) is 17.2 Å². The van der Waals surface area contributed by atoms with Gasteiger partial charge in [0.2, 0.25) is 0 Å². The van der Waals surface area contributed by atoms with Crippen LogP contribution in [0.15, 0.2) is 18.2 Å². The van der Waals surface area contributed by atoms with E-state index in [1.54, 1.807) is 6.07 Å². The fourth-order valence-corrected chi connectivity index (χ4v) is 5.66. The third-order valence-electron chi connectivity index (χ3n) is 6.14. The average Bonchev–Trinajstić information content (AvgIpc) is 2.54. The Balaban J connectivity index is 1.80. The lowest BCUT2D eigenvalue weighted by Crippen LogP contribution is -2.59. The van der Waals surface area contributed by atoms with E-state index in [0.717, 1.165) is 37.8 Å². The SMILES string of the molecule is O=S(=O)(Oc1cccc2c1C[C@H]1NCC[C@@]23CCCC[C@@H]13)C(F)(F)F. The molecule has 0 aromatic heterocycles. The largest absolute Gasteiger partial charge is 0.534 e. The Hall–Kier alpha value is -1.28. The summed E-state index contributed by atoms with van der Waals surface area (Å²) in [4.78, 5) is 0. The highest BCUT2D eigenvalue weighted by Gasteiger charge is 2.53. The van der Waals surface area contributed by atoms with Gasteiger partial charge in [0, 0.05) is 17.0 Å². The van der Waals surface area contributed by atoms with E-state index in [0.29, 0.717) is 17.9 Å². The molecule has 8 heteroatoms. The highest BCUT2D eigenvalue weighted by atomic mass is 32.2. The molecule has 0 amide bonds. The van der Waals surface area contributed by atoms with E-state index < -0.39 is 15.6 Å². The van der Waals surface area contributed by atoms with Crippen LogP contribution in [-0.4, -0.2) is 26.5 Å². The number of rotatable bonds is 2. The minimum atomic E-state index is -5.66. The topological polar surface area (TPSA) is 55.4 Å². The maximum absolute atomic E-state index is 12.7. The summed E-state index contributed by atoms with van der Waals surface area (Å²) in [5.74, 6) is 0.281. The normalized spacial score (nSPS) is 31.8. The smallest absolute Gasteiger partial charge is 0.376 e. The Kier molecular flexibility index (Phi) is 3.85. The molecule has 0 unspecified atom stereocenters. The Morgan fingerprint density at radius 1 is 1.20 bits per heavy atom. The number of alkyl halides is 3. The van der Waals surface area contributed by atoms with Gasteiger partial charge in [-0.15, -0.1) is 0 Å². The van der Waals surface area contributed by atoms with Crippen LogP contribution in [0.25, 0.3) is 0 Å². The molecule has 3 atom stereocenters. The number of halogens is 3. The molecule has 0 spiro atoms. The molecule has 1 aromatic rings. The van der Waals surface area contributed by atoms with Crippen molar-refractivity contribution in [2.75, 3.05) is 6.54 Å². The first-order chi connectivity index (χ1) is 11.7. The third-order valence-corrected chi connectivity index (χ3v) is 7.10. The van der Waals surface area contributed by atoms with Gasteiger partial charge in [0.15, 0.2) is 0 Å². The molecule has 1 aromatic carbocycles. The van der Waals surface area contributed by atoms with E-state index >= 15 is 0 Å². The van der Waals surface area contributed by atoms with Gasteiger partial charge in [0.05, 0.1) is 0 Å². The fourth-order valence-electron chi connectivity index (χ4n) is 5.18. The van der Waals surface area contributed by atoms with Crippen LogP contribution in [0.1, 0.15) is 43.2 Å². The molecular weight excluding hydrogens is 355 g/mol. The fraction of sp³-hybridized carbons (Fsp3) is 0.647. The highest BCUT2D eigenvalue weighted by molar-refractivity contribution is 7.88. The predicted molar refractivity (Wildman–Crippen MR) is 85.8 cm³/mol. The van der Waals surface area contributed by atoms with Crippen LogP contribution in [0.5, 0.6) is 5.75 Å². The molecular formula is C17H20F3NO3S. The molecule has 4 rings (SSSR count). The molecule has 1 saturated heterocycles. The minimum Gasteiger partial charge on any atom is -0.376 e. The lowest BCUT2D eigenvalue weighted by Gasteiger charge is -2.56. The number of piperidine rings is 1. The van der Waals surface area contributed by atoms with Gasteiger partial charge < -0.3 is 9.50 Å². The molecule has 0 radical (unpaired) electrons. The maximum Gasteiger partial charge on any atom is 0.534 e. The molecule has 1 aliphatic heterocycles. The van der Waals surface area contributed by atoms with Gasteiger partial charge in [0.1, 0.15) is 5.75 Å². The average molecular weight is 375 g/mol. The quantitative estimate of drug-likeness (QED) is 0.637. The van der Waals surface area contributed by atoms with Gasteiger partial charge in [0.25, 0.3) is 0 Å². The first-order valence-corrected chi connectivity index (χ1v) is 10.0. The Morgan fingerprint density at radius 3 is 2.76 bits per heavy atom. The lowest BCUT2D eigenvalue weighted by atomic mass is 9.53. The van der Waals surface area contributed by atoms with Gasteiger partial charge in [-0.1, -0.05) is 25.0 Å². The van der Waals surface area contributed by atoms with Crippen molar-refractivity contribution in [3.05, 3.63) is 29.3 Å². The summed E-state index contributed by atoms with van der Waals surface area (Å²) >= 11 is 0. The second-order valence-electron chi connectivity index (χ2n) is 7.29. The number of hydrogen-bond acceptors (Lipinski definition) is 4. The maximum atomic E-state index is 12.7. The van der Waals surface area contributed by atoms with Crippen LogP contribution in [0.4, 0.5) is 13.2 Å². The molecule has 2 fully saturated rings. The number of nitrogens with one attached hydrogen (secondary N) is 1. The zero-order valence-corrected chi connectivity index (χ0v) is 14.4. The van der Waals surface area contributed by atoms with Crippen molar-refractivity contribution in [3.63, 3.8) is 0 Å². The van der Waals surface area contributed by atoms with Crippen molar-refractivity contribution in [3.8, 4) is 5.75 Å². The first-order valence-electron chi connectivity index (χ1n) is 8.61. The molecule has 138 valence electrons. The van der Waals surface area contributed by atoms with E-state index in [9.17, 15) is 21.6 Å². The van der Waals surface area contributed by atoms with Crippen LogP contribution in [0, 0.1) is 5.92 Å². The zero-order chi connectivity index (χ0) is 17.9. The van der Waals surface area contributed by atoms with E-state index in [1.807, 2.05) is 6.07 Å². The summed E-state index contributed by atoms with van der Waals surface area (Å²) in [6.45, 7) is 0.881. The second kappa shape index (κ2) is 5.61. The van der Waals surface area contributed by atoms with Crippen molar-refractivity contribution in [2.45, 2.75) is 55.5 Å². The second-order valence-corrected chi connectivity index (χ2v) is 8.83. The summed E-state index contributed by atoms with van der Waals surface area (Å²) < 4.78 is 65.6. The Morgan fingerprint density at radius 2 is 2.00 bits per heavy atom. The standard InChI is InChI=1S/C17H20F3NO3S/c18-17(19,20)25(22,23)24-15-6-3-5-12-11(15)10-14-13-4-1-2-7-16(12,13)8-9-21-14/h3,5-6,13-14,21H,1-2,4,7-10H2/t13-,14+,16-/m0/s1. The number of benzene rings is 1. The van der Waals surface area contributed by atoms with E-state index in [4.69, 9.17) is 0 Å². The van der Waals surface area contributed by atoms with Crippen LogP contribution >= 0.6 is 0 Å². The third kappa shape index (κ3) is 2.56. The van der Waals surface area contributed by atoms with Crippen LogP contribution in [-0.2, 0) is 22.0 Å². The molecule has 4 nitrogen and oxygen atoms in total. The molecule has 1 heterocycles. The number of fused-ring (bicyclic) bond motifs is 1. The van der Waals surface area contributed by atoms with Gasteiger partial charge in [-0.25, -0.2) is 0 Å². The monoisotopic (exact) mass is 375 g/mol. The Labute approximate surface area is 144 Å². The summed E-state index contributed by atoms with van der Waals surface area (Å²) in [6.07, 6.45) is 5.79. The van der Waals surface area contributed by atoms with E-state index in [2.05, 4.69) is 9.50 Å². The molecule has 25 heavy (non-hydrogen) atoms. The van der Waals surface area contributed by atoms with Gasteiger partial charge in [-0.05, 0) is 49.8 Å². The molecule has 2 bridgehead atoms. The molecule has 2 aliphatic carbocycles. The van der Waals surface area contributed by atoms with Crippen LogP contribution in [0.3, 0.4) is 0 Å². The minimum absolute atomic E-state index is 0.0664. The van der Waals surface area contributed by atoms with Gasteiger partial charge >= 0.3 is 15.6 Å². The van der Waals surface area contributed by atoms with Gasteiger partial charge in [-0.3, -0.25) is 0 Å². The Bertz CT molecular complexity index is 789. The summed E-state index contributed by atoms with van der Waals surface area (Å²) in [5.41, 5.74) is -3.89. The van der Waals surface area contributed by atoms with Crippen molar-refractivity contribution in [1.29, 1.82) is 0 Å². The van der Waals surface area contributed by atoms with Gasteiger partial charge in [-0.2, -0.15) is 21.6 Å². The lowest BCUT2D eigenvalue weighted by molar-refractivity contribution is -0.0500. The van der Waals surface area contributed by atoms with Crippen LogP contribution < -0.4 is 9.50 Å². The van der Waals surface area contributed by atoms with Crippen molar-refractivity contribution in [1.82, 2.24) is 5.32 Å². The zero-order valence-electron chi connectivity index (χ0n) is 13.6. The summed E-state index contributed by atoms with van der Waals surface area (Å²) in [5, 5.41) is 3.48. The van der Waals surface area contributed by atoms with Crippen LogP contribution in [0.2, 0.25) is 0 Å². The first kappa shape index (κ1) is 17.1. The number of hydrogen-bond donors (Lipinski definition) is 1. The molecule has 1 saturated carbocycles. The highest BCUT2D eigenvalue weighted by Crippen LogP contribution is 2.55. The molecule has 3 aliphatic rings. The van der Waals surface area contributed by atoms with Crippen molar-refractivity contribution >= 4 is 10.1 Å².